The zero-order valence-corrected chi connectivity index (χ0v) is 17.0. The number of aryl methyl sites for hydroxylation is 1. The van der Waals surface area contributed by atoms with E-state index < -0.39 is 21.3 Å². The van der Waals surface area contributed by atoms with Crippen LogP contribution in [0, 0.1) is 6.92 Å². The van der Waals surface area contributed by atoms with Gasteiger partial charge in [-0.25, -0.2) is 17.9 Å². The SMILES string of the molecule is Cc1nn(C(C)(C)C)c(OC(=O)c2ccccc2)c1S(=O)(=O)c1ccccc1. The van der Waals surface area contributed by atoms with Crippen molar-refractivity contribution >= 4 is 15.8 Å². The van der Waals surface area contributed by atoms with Crippen LogP contribution in [0.15, 0.2) is 70.5 Å². The molecule has 0 atom stereocenters. The van der Waals surface area contributed by atoms with Crippen LogP contribution >= 0.6 is 0 Å². The highest BCUT2D eigenvalue weighted by Crippen LogP contribution is 2.36. The number of hydrogen-bond donors (Lipinski definition) is 0. The predicted molar refractivity (Wildman–Crippen MR) is 105 cm³/mol. The first kappa shape index (κ1) is 19.8. The number of hydrogen-bond acceptors (Lipinski definition) is 5. The lowest BCUT2D eigenvalue weighted by atomic mass is 10.1. The Morgan fingerprint density at radius 3 is 2.04 bits per heavy atom. The van der Waals surface area contributed by atoms with Crippen LogP contribution < -0.4 is 4.74 Å². The second-order valence-electron chi connectivity index (χ2n) is 7.37. The number of ether oxygens (including phenoxy) is 1. The van der Waals surface area contributed by atoms with Crippen molar-refractivity contribution in [3.63, 3.8) is 0 Å². The van der Waals surface area contributed by atoms with E-state index in [0.29, 0.717) is 5.56 Å². The second kappa shape index (κ2) is 7.24. The summed E-state index contributed by atoms with van der Waals surface area (Å²) in [4.78, 5) is 12.7. The van der Waals surface area contributed by atoms with Crippen molar-refractivity contribution in [1.82, 2.24) is 9.78 Å². The van der Waals surface area contributed by atoms with Crippen molar-refractivity contribution in [1.29, 1.82) is 0 Å². The number of nitrogens with zero attached hydrogens (tertiary/aromatic N) is 2. The summed E-state index contributed by atoms with van der Waals surface area (Å²) >= 11 is 0. The maximum absolute atomic E-state index is 13.3. The number of sulfone groups is 1. The third kappa shape index (κ3) is 3.71. The molecule has 0 fully saturated rings. The van der Waals surface area contributed by atoms with Crippen LogP contribution in [-0.4, -0.2) is 24.2 Å². The summed E-state index contributed by atoms with van der Waals surface area (Å²) in [6.07, 6.45) is 0. The molecule has 28 heavy (non-hydrogen) atoms. The summed E-state index contributed by atoms with van der Waals surface area (Å²) in [5, 5.41) is 4.38. The van der Waals surface area contributed by atoms with Gasteiger partial charge in [-0.15, -0.1) is 0 Å². The summed E-state index contributed by atoms with van der Waals surface area (Å²) in [6.45, 7) is 7.17. The van der Waals surface area contributed by atoms with E-state index in [9.17, 15) is 13.2 Å². The minimum absolute atomic E-state index is 0.0808. The van der Waals surface area contributed by atoms with Gasteiger partial charge in [-0.05, 0) is 52.0 Å². The van der Waals surface area contributed by atoms with Gasteiger partial charge in [0, 0.05) is 0 Å². The molecule has 1 heterocycles. The summed E-state index contributed by atoms with van der Waals surface area (Å²) in [5.74, 6) is -0.724. The third-order valence-electron chi connectivity index (χ3n) is 4.12. The summed E-state index contributed by atoms with van der Waals surface area (Å²) in [6, 6.07) is 16.5. The Balaban J connectivity index is 2.19. The predicted octanol–water partition coefficient (Wildman–Crippen LogP) is 4.00. The fourth-order valence-electron chi connectivity index (χ4n) is 2.78. The van der Waals surface area contributed by atoms with Gasteiger partial charge in [-0.2, -0.15) is 5.10 Å². The number of carbonyl (C=O) groups excluding carboxylic acids is 1. The largest absolute Gasteiger partial charge is 0.403 e. The van der Waals surface area contributed by atoms with Crippen LogP contribution in [0.5, 0.6) is 5.88 Å². The van der Waals surface area contributed by atoms with Gasteiger partial charge in [0.2, 0.25) is 15.7 Å². The monoisotopic (exact) mass is 398 g/mol. The molecule has 0 amide bonds. The van der Waals surface area contributed by atoms with Crippen molar-refractivity contribution in [3.8, 4) is 5.88 Å². The Bertz CT molecular complexity index is 1100. The number of esters is 1. The Morgan fingerprint density at radius 1 is 0.964 bits per heavy atom. The number of rotatable bonds is 4. The highest BCUT2D eigenvalue weighted by molar-refractivity contribution is 7.91. The highest BCUT2D eigenvalue weighted by atomic mass is 32.2. The molecule has 3 rings (SSSR count). The van der Waals surface area contributed by atoms with Crippen molar-refractivity contribution in [2.24, 2.45) is 0 Å². The Kier molecular flexibility index (Phi) is 5.12. The molecule has 3 aromatic rings. The molecular formula is C21H22N2O4S. The Morgan fingerprint density at radius 2 is 1.50 bits per heavy atom. The van der Waals surface area contributed by atoms with Crippen LogP contribution in [0.3, 0.4) is 0 Å². The van der Waals surface area contributed by atoms with Crippen LogP contribution in [0.1, 0.15) is 36.8 Å². The summed E-state index contributed by atoms with van der Waals surface area (Å²) < 4.78 is 33.6. The first-order valence-corrected chi connectivity index (χ1v) is 10.3. The maximum atomic E-state index is 13.3. The molecule has 0 unspecified atom stereocenters. The van der Waals surface area contributed by atoms with Gasteiger partial charge in [-0.1, -0.05) is 36.4 Å². The van der Waals surface area contributed by atoms with E-state index in [2.05, 4.69) is 5.10 Å². The fourth-order valence-corrected chi connectivity index (χ4v) is 4.32. The molecule has 2 aromatic carbocycles. The van der Waals surface area contributed by atoms with Crippen LogP contribution in [0.25, 0.3) is 0 Å². The van der Waals surface area contributed by atoms with Gasteiger partial charge in [0.15, 0.2) is 4.90 Å². The molecule has 0 saturated carbocycles. The minimum Gasteiger partial charge on any atom is -0.403 e. The van der Waals surface area contributed by atoms with Gasteiger partial charge in [-0.3, -0.25) is 0 Å². The minimum atomic E-state index is -3.93. The normalized spacial score (nSPS) is 12.0. The smallest absolute Gasteiger partial charge is 0.344 e. The molecule has 0 saturated heterocycles. The lowest BCUT2D eigenvalue weighted by Gasteiger charge is -2.22. The molecule has 1 aromatic heterocycles. The molecule has 0 spiro atoms. The van der Waals surface area contributed by atoms with Gasteiger partial charge in [0.05, 0.1) is 21.7 Å². The van der Waals surface area contributed by atoms with E-state index in [-0.39, 0.29) is 21.4 Å². The third-order valence-corrected chi connectivity index (χ3v) is 6.02. The summed E-state index contributed by atoms with van der Waals surface area (Å²) in [7, 11) is -3.93. The van der Waals surface area contributed by atoms with Gasteiger partial charge in [0.1, 0.15) is 0 Å². The van der Waals surface area contributed by atoms with Gasteiger partial charge in [0.25, 0.3) is 0 Å². The average Bonchev–Trinajstić information content (AvgIpc) is 3.00. The quantitative estimate of drug-likeness (QED) is 0.621. The number of carbonyl (C=O) groups is 1. The molecule has 0 aliphatic carbocycles. The molecule has 0 N–H and O–H groups in total. The highest BCUT2D eigenvalue weighted by Gasteiger charge is 2.34. The van der Waals surface area contributed by atoms with E-state index in [4.69, 9.17) is 4.74 Å². The molecule has 0 radical (unpaired) electrons. The van der Waals surface area contributed by atoms with Crippen molar-refractivity contribution < 1.29 is 17.9 Å². The molecule has 7 heteroatoms. The van der Waals surface area contributed by atoms with Crippen LogP contribution in [0.2, 0.25) is 0 Å². The number of aromatic nitrogens is 2. The van der Waals surface area contributed by atoms with Gasteiger partial charge >= 0.3 is 5.97 Å². The first-order valence-electron chi connectivity index (χ1n) is 8.80. The van der Waals surface area contributed by atoms with Crippen molar-refractivity contribution in [3.05, 3.63) is 71.9 Å². The van der Waals surface area contributed by atoms with Crippen molar-refractivity contribution in [2.45, 2.75) is 43.0 Å². The van der Waals surface area contributed by atoms with E-state index in [1.165, 1.54) is 16.8 Å². The summed E-state index contributed by atoms with van der Waals surface area (Å²) in [5.41, 5.74) is 0.00105. The molecule has 0 aliphatic rings. The Hall–Kier alpha value is -2.93. The first-order chi connectivity index (χ1) is 13.1. The number of benzene rings is 2. The molecule has 6 nitrogen and oxygen atoms in total. The van der Waals surface area contributed by atoms with Gasteiger partial charge < -0.3 is 4.74 Å². The molecule has 0 aliphatic heterocycles. The standard InChI is InChI=1S/C21H22N2O4S/c1-15-18(28(25,26)17-13-9-6-10-14-17)19(23(22-15)21(2,3)4)27-20(24)16-11-7-5-8-12-16/h5-14H,1-4H3. The van der Waals surface area contributed by atoms with E-state index in [1.54, 1.807) is 55.5 Å². The van der Waals surface area contributed by atoms with Crippen molar-refractivity contribution in [2.75, 3.05) is 0 Å². The lowest BCUT2D eigenvalue weighted by Crippen LogP contribution is -2.26. The molecular weight excluding hydrogens is 376 g/mol. The van der Waals surface area contributed by atoms with Crippen LogP contribution in [0.4, 0.5) is 0 Å². The van der Waals surface area contributed by atoms with E-state index in [0.717, 1.165) is 0 Å². The molecule has 146 valence electrons. The zero-order chi connectivity index (χ0) is 20.5. The van der Waals surface area contributed by atoms with Crippen LogP contribution in [-0.2, 0) is 15.4 Å². The Labute approximate surface area is 164 Å². The maximum Gasteiger partial charge on any atom is 0.344 e. The average molecular weight is 398 g/mol. The molecule has 0 bridgehead atoms. The van der Waals surface area contributed by atoms with E-state index >= 15 is 0 Å². The lowest BCUT2D eigenvalue weighted by molar-refractivity contribution is 0.0703. The van der Waals surface area contributed by atoms with E-state index in [1.807, 2.05) is 20.8 Å². The fraction of sp³-hybridized carbons (Fsp3) is 0.238. The topological polar surface area (TPSA) is 78.3 Å². The second-order valence-corrected chi connectivity index (χ2v) is 9.26. The zero-order valence-electron chi connectivity index (χ0n) is 16.2.